The zero-order valence-electron chi connectivity index (χ0n) is 15.2. The van der Waals surface area contributed by atoms with Gasteiger partial charge in [0.15, 0.2) is 0 Å². The number of nitrogens with one attached hydrogen (secondary N) is 2. The summed E-state index contributed by atoms with van der Waals surface area (Å²) in [6.45, 7) is 0. The second kappa shape index (κ2) is 8.24. The Labute approximate surface area is 165 Å². The molecule has 2 N–H and O–H groups in total. The molecule has 0 saturated heterocycles. The van der Waals surface area contributed by atoms with Gasteiger partial charge in [0.1, 0.15) is 0 Å². The van der Waals surface area contributed by atoms with E-state index in [0.29, 0.717) is 6.07 Å². The molecular formula is C19H18F3N3O3S. The van der Waals surface area contributed by atoms with E-state index in [1.807, 2.05) is 0 Å². The Kier molecular flexibility index (Phi) is 5.92. The van der Waals surface area contributed by atoms with Crippen molar-refractivity contribution in [2.75, 3.05) is 4.72 Å². The topological polar surface area (TPSA) is 87.6 Å². The van der Waals surface area contributed by atoms with Crippen LogP contribution in [0, 0.1) is 0 Å². The third-order valence-electron chi connectivity index (χ3n) is 4.34. The number of amides is 1. The number of hydrazone groups is 1. The van der Waals surface area contributed by atoms with E-state index < -0.39 is 27.7 Å². The average molecular weight is 425 g/mol. The summed E-state index contributed by atoms with van der Waals surface area (Å²) in [6.07, 6.45) is -0.932. The van der Waals surface area contributed by atoms with E-state index >= 15 is 0 Å². The van der Waals surface area contributed by atoms with Gasteiger partial charge < -0.3 is 0 Å². The smallest absolute Gasteiger partial charge is 0.280 e. The van der Waals surface area contributed by atoms with Crippen LogP contribution in [0.15, 0.2) is 58.5 Å². The lowest BCUT2D eigenvalue weighted by Crippen LogP contribution is -2.20. The number of hydrogen-bond donors (Lipinski definition) is 2. The lowest BCUT2D eigenvalue weighted by atomic mass is 10.2. The molecule has 154 valence electrons. The van der Waals surface area contributed by atoms with Gasteiger partial charge in [-0.2, -0.15) is 18.3 Å². The molecule has 1 fully saturated rings. The first-order valence-corrected chi connectivity index (χ1v) is 10.3. The largest absolute Gasteiger partial charge is 0.416 e. The Morgan fingerprint density at radius 2 is 1.69 bits per heavy atom. The van der Waals surface area contributed by atoms with Crippen LogP contribution in [0.3, 0.4) is 0 Å². The number of carbonyl (C=O) groups is 1. The van der Waals surface area contributed by atoms with Crippen LogP contribution in [0.2, 0.25) is 0 Å². The summed E-state index contributed by atoms with van der Waals surface area (Å²) in [4.78, 5) is 12.0. The number of rotatable bonds is 5. The van der Waals surface area contributed by atoms with Crippen LogP contribution in [0.4, 0.5) is 18.9 Å². The summed E-state index contributed by atoms with van der Waals surface area (Å²) in [5.74, 6) is -0.569. The first-order chi connectivity index (χ1) is 13.6. The zero-order chi connectivity index (χ0) is 21.1. The maximum absolute atomic E-state index is 12.8. The summed E-state index contributed by atoms with van der Waals surface area (Å²) in [5.41, 5.74) is 2.14. The molecule has 1 amide bonds. The van der Waals surface area contributed by atoms with Crippen molar-refractivity contribution in [3.05, 3.63) is 59.7 Å². The molecule has 29 heavy (non-hydrogen) atoms. The highest BCUT2D eigenvalue weighted by Crippen LogP contribution is 2.31. The number of nitrogens with zero attached hydrogens (tertiary/aromatic N) is 1. The van der Waals surface area contributed by atoms with Crippen molar-refractivity contribution >= 4 is 27.3 Å². The number of halogens is 3. The van der Waals surface area contributed by atoms with E-state index in [0.717, 1.165) is 49.6 Å². The van der Waals surface area contributed by atoms with Crippen LogP contribution < -0.4 is 10.1 Å². The minimum atomic E-state index is -4.60. The SMILES string of the molecule is O=C(NN=C1CCCC1)c1cccc(S(=O)(=O)Nc2cccc(C(F)(F)F)c2)c1. The number of hydrogen-bond acceptors (Lipinski definition) is 4. The highest BCUT2D eigenvalue weighted by atomic mass is 32.2. The fourth-order valence-corrected chi connectivity index (χ4v) is 3.96. The van der Waals surface area contributed by atoms with E-state index in [-0.39, 0.29) is 16.1 Å². The lowest BCUT2D eigenvalue weighted by Gasteiger charge is -2.12. The molecule has 0 atom stereocenters. The Morgan fingerprint density at radius 1 is 1.00 bits per heavy atom. The number of carbonyl (C=O) groups excluding carboxylic acids is 1. The molecule has 2 aromatic carbocycles. The Hall–Kier alpha value is -2.88. The molecule has 1 aliphatic carbocycles. The molecule has 0 radical (unpaired) electrons. The molecule has 2 aromatic rings. The predicted molar refractivity (Wildman–Crippen MR) is 102 cm³/mol. The summed E-state index contributed by atoms with van der Waals surface area (Å²) in [5, 5.41) is 4.04. The van der Waals surface area contributed by atoms with Gasteiger partial charge in [-0.15, -0.1) is 0 Å². The third-order valence-corrected chi connectivity index (χ3v) is 5.72. The fourth-order valence-electron chi connectivity index (χ4n) is 2.87. The average Bonchev–Trinajstić information content (AvgIpc) is 3.19. The number of anilines is 1. The van der Waals surface area contributed by atoms with Crippen molar-refractivity contribution in [2.24, 2.45) is 5.10 Å². The molecule has 0 aromatic heterocycles. The number of benzene rings is 2. The Morgan fingerprint density at radius 3 is 2.38 bits per heavy atom. The number of sulfonamides is 1. The van der Waals surface area contributed by atoms with Crippen molar-refractivity contribution in [3.63, 3.8) is 0 Å². The van der Waals surface area contributed by atoms with Crippen molar-refractivity contribution in [3.8, 4) is 0 Å². The van der Waals surface area contributed by atoms with Gasteiger partial charge >= 0.3 is 6.18 Å². The van der Waals surface area contributed by atoms with Gasteiger partial charge in [0.05, 0.1) is 10.5 Å². The highest BCUT2D eigenvalue weighted by Gasteiger charge is 2.30. The normalized spacial score (nSPS) is 14.5. The molecule has 0 spiro atoms. The van der Waals surface area contributed by atoms with Gasteiger partial charge in [-0.3, -0.25) is 9.52 Å². The standard InChI is InChI=1S/C19H18F3N3O3S/c20-19(21,22)14-6-4-9-16(12-14)25-29(27,28)17-10-3-5-13(11-17)18(26)24-23-15-7-1-2-8-15/h3-6,9-12,25H,1-2,7-8H2,(H,24,26). The van der Waals surface area contributed by atoms with E-state index in [2.05, 4.69) is 15.2 Å². The third kappa shape index (κ3) is 5.35. The van der Waals surface area contributed by atoms with E-state index in [9.17, 15) is 26.4 Å². The summed E-state index contributed by atoms with van der Waals surface area (Å²) >= 11 is 0. The van der Waals surface area contributed by atoms with Crippen LogP contribution in [0.25, 0.3) is 0 Å². The second-order valence-electron chi connectivity index (χ2n) is 6.54. The van der Waals surface area contributed by atoms with Crippen LogP contribution in [0.1, 0.15) is 41.6 Å². The maximum atomic E-state index is 12.8. The van der Waals surface area contributed by atoms with Gasteiger partial charge in [-0.05, 0) is 62.1 Å². The molecule has 10 heteroatoms. The van der Waals surface area contributed by atoms with Crippen molar-refractivity contribution in [1.82, 2.24) is 5.43 Å². The van der Waals surface area contributed by atoms with Gasteiger partial charge in [0.2, 0.25) is 0 Å². The molecule has 0 unspecified atom stereocenters. The molecule has 0 bridgehead atoms. The Bertz CT molecular complexity index is 1040. The van der Waals surface area contributed by atoms with Gasteiger partial charge in [-0.25, -0.2) is 13.8 Å². The van der Waals surface area contributed by atoms with Crippen LogP contribution >= 0.6 is 0 Å². The minimum Gasteiger partial charge on any atom is -0.280 e. The fraction of sp³-hybridized carbons (Fsp3) is 0.263. The first kappa shape index (κ1) is 20.8. The Balaban J connectivity index is 1.78. The van der Waals surface area contributed by atoms with E-state index in [1.54, 1.807) is 0 Å². The van der Waals surface area contributed by atoms with Gasteiger partial charge in [-0.1, -0.05) is 12.1 Å². The quantitative estimate of drug-likeness (QED) is 0.705. The van der Waals surface area contributed by atoms with Crippen LogP contribution in [-0.4, -0.2) is 20.0 Å². The maximum Gasteiger partial charge on any atom is 0.416 e. The second-order valence-corrected chi connectivity index (χ2v) is 8.22. The van der Waals surface area contributed by atoms with Crippen LogP contribution in [0.5, 0.6) is 0 Å². The lowest BCUT2D eigenvalue weighted by molar-refractivity contribution is -0.137. The summed E-state index contributed by atoms with van der Waals surface area (Å²) < 4.78 is 65.7. The van der Waals surface area contributed by atoms with E-state index in [1.165, 1.54) is 24.3 Å². The summed E-state index contributed by atoms with van der Waals surface area (Å²) in [6, 6.07) is 9.04. The number of alkyl halides is 3. The first-order valence-electron chi connectivity index (χ1n) is 8.81. The van der Waals surface area contributed by atoms with E-state index in [4.69, 9.17) is 0 Å². The van der Waals surface area contributed by atoms with Crippen molar-refractivity contribution < 1.29 is 26.4 Å². The van der Waals surface area contributed by atoms with Crippen LogP contribution in [-0.2, 0) is 16.2 Å². The molecule has 6 nitrogen and oxygen atoms in total. The molecule has 1 saturated carbocycles. The molecular weight excluding hydrogens is 407 g/mol. The van der Waals surface area contributed by atoms with Crippen molar-refractivity contribution in [1.29, 1.82) is 0 Å². The summed E-state index contributed by atoms with van der Waals surface area (Å²) in [7, 11) is -4.20. The molecule has 0 heterocycles. The highest BCUT2D eigenvalue weighted by molar-refractivity contribution is 7.92. The minimum absolute atomic E-state index is 0.0688. The zero-order valence-corrected chi connectivity index (χ0v) is 16.0. The predicted octanol–water partition coefficient (Wildman–Crippen LogP) is 4.17. The van der Waals surface area contributed by atoms with Crippen molar-refractivity contribution in [2.45, 2.75) is 36.8 Å². The molecule has 0 aliphatic heterocycles. The molecule has 3 rings (SSSR count). The monoisotopic (exact) mass is 425 g/mol. The molecule has 1 aliphatic rings. The van der Waals surface area contributed by atoms with Gasteiger partial charge in [0.25, 0.3) is 15.9 Å². The van der Waals surface area contributed by atoms with Gasteiger partial charge in [0, 0.05) is 17.0 Å².